The largest absolute Gasteiger partial charge is 0.480 e. The first kappa shape index (κ1) is 14.8. The third-order valence-electron chi connectivity index (χ3n) is 2.98. The molecule has 8 heteroatoms. The van der Waals surface area contributed by atoms with Gasteiger partial charge in [-0.25, -0.2) is 14.6 Å². The van der Waals surface area contributed by atoms with E-state index in [-0.39, 0.29) is 5.95 Å². The molecule has 8 nitrogen and oxygen atoms in total. The number of urea groups is 1. The number of likely N-dealkylation sites (N-methyl/N-ethyl adjacent to an activating group) is 1. The first-order chi connectivity index (χ1) is 8.66. The molecule has 104 valence electrons. The lowest BCUT2D eigenvalue weighted by Crippen LogP contribution is -2.52. The lowest BCUT2D eigenvalue weighted by Gasteiger charge is -2.31. The molecule has 0 spiro atoms. The third kappa shape index (κ3) is 3.15. The molecular formula is C11H17N5O3. The van der Waals surface area contributed by atoms with Crippen LogP contribution in [0.3, 0.4) is 0 Å². The summed E-state index contributed by atoms with van der Waals surface area (Å²) >= 11 is 0. The fraction of sp³-hybridized carbons (Fsp3) is 0.545. The maximum Gasteiger partial charge on any atom is 0.329 e. The molecule has 0 aliphatic rings. The summed E-state index contributed by atoms with van der Waals surface area (Å²) in [6.07, 6.45) is 0. The predicted octanol–water partition coefficient (Wildman–Crippen LogP) is 0.815. The van der Waals surface area contributed by atoms with Gasteiger partial charge < -0.3 is 10.0 Å². The van der Waals surface area contributed by atoms with Crippen molar-refractivity contribution in [3.8, 4) is 0 Å². The SMILES string of the molecule is Cc1nnc(NC(=O)N(C)C(C)(C)C(=O)O)nc1C. The predicted molar refractivity (Wildman–Crippen MR) is 67.8 cm³/mol. The van der Waals surface area contributed by atoms with Gasteiger partial charge in [-0.05, 0) is 27.7 Å². The zero-order chi connectivity index (χ0) is 14.8. The molecule has 0 bridgehead atoms. The Morgan fingerprint density at radius 2 is 1.79 bits per heavy atom. The van der Waals surface area contributed by atoms with Crippen LogP contribution in [0, 0.1) is 13.8 Å². The van der Waals surface area contributed by atoms with Crippen molar-refractivity contribution in [2.75, 3.05) is 12.4 Å². The van der Waals surface area contributed by atoms with Gasteiger partial charge in [0.2, 0.25) is 0 Å². The fourth-order valence-corrected chi connectivity index (χ4v) is 1.09. The van der Waals surface area contributed by atoms with E-state index in [1.54, 1.807) is 13.8 Å². The molecule has 0 aliphatic heterocycles. The first-order valence-electron chi connectivity index (χ1n) is 5.62. The van der Waals surface area contributed by atoms with Crippen molar-refractivity contribution in [1.29, 1.82) is 0 Å². The molecule has 1 rings (SSSR count). The Bertz CT molecular complexity index is 515. The molecule has 0 aliphatic carbocycles. The second-order valence-electron chi connectivity index (χ2n) is 4.66. The Morgan fingerprint density at radius 3 is 2.26 bits per heavy atom. The zero-order valence-corrected chi connectivity index (χ0v) is 11.6. The number of carboxylic acids is 1. The number of carboxylic acid groups (broad SMARTS) is 1. The van der Waals surface area contributed by atoms with Crippen molar-refractivity contribution in [1.82, 2.24) is 20.1 Å². The molecule has 2 amide bonds. The number of carbonyl (C=O) groups excluding carboxylic acids is 1. The topological polar surface area (TPSA) is 108 Å². The van der Waals surface area contributed by atoms with E-state index in [1.807, 2.05) is 0 Å². The molecule has 2 N–H and O–H groups in total. The highest BCUT2D eigenvalue weighted by Gasteiger charge is 2.35. The van der Waals surface area contributed by atoms with Crippen LogP contribution in [0.2, 0.25) is 0 Å². The molecular weight excluding hydrogens is 250 g/mol. The molecule has 1 aromatic rings. The third-order valence-corrected chi connectivity index (χ3v) is 2.98. The van der Waals surface area contributed by atoms with Gasteiger partial charge in [-0.2, -0.15) is 5.10 Å². The quantitative estimate of drug-likeness (QED) is 0.839. The van der Waals surface area contributed by atoms with Gasteiger partial charge in [0, 0.05) is 7.05 Å². The molecule has 1 aromatic heterocycles. The van der Waals surface area contributed by atoms with Crippen LogP contribution in [-0.4, -0.2) is 49.8 Å². The van der Waals surface area contributed by atoms with E-state index in [4.69, 9.17) is 5.11 Å². The van der Waals surface area contributed by atoms with Gasteiger partial charge in [0.1, 0.15) is 5.54 Å². The fourth-order valence-electron chi connectivity index (χ4n) is 1.09. The van der Waals surface area contributed by atoms with Gasteiger partial charge in [0.15, 0.2) is 0 Å². The van der Waals surface area contributed by atoms with Crippen molar-refractivity contribution >= 4 is 17.9 Å². The second-order valence-corrected chi connectivity index (χ2v) is 4.66. The number of hydrogen-bond donors (Lipinski definition) is 2. The highest BCUT2D eigenvalue weighted by atomic mass is 16.4. The lowest BCUT2D eigenvalue weighted by molar-refractivity contribution is -0.146. The number of aromatic nitrogens is 3. The molecule has 0 atom stereocenters. The van der Waals surface area contributed by atoms with E-state index in [2.05, 4.69) is 20.5 Å². The van der Waals surface area contributed by atoms with Gasteiger partial charge in [-0.1, -0.05) is 0 Å². The van der Waals surface area contributed by atoms with Crippen molar-refractivity contribution in [3.63, 3.8) is 0 Å². The molecule has 19 heavy (non-hydrogen) atoms. The van der Waals surface area contributed by atoms with Crippen LogP contribution >= 0.6 is 0 Å². The lowest BCUT2D eigenvalue weighted by atomic mass is 10.1. The summed E-state index contributed by atoms with van der Waals surface area (Å²) in [7, 11) is 1.39. The van der Waals surface area contributed by atoms with Gasteiger partial charge in [-0.3, -0.25) is 5.32 Å². The summed E-state index contributed by atoms with van der Waals surface area (Å²) in [4.78, 5) is 28.1. The van der Waals surface area contributed by atoms with Crippen LogP contribution in [0.5, 0.6) is 0 Å². The minimum Gasteiger partial charge on any atom is -0.480 e. The summed E-state index contributed by atoms with van der Waals surface area (Å²) in [6.45, 7) is 6.34. The smallest absolute Gasteiger partial charge is 0.329 e. The maximum atomic E-state index is 11.9. The van der Waals surface area contributed by atoms with E-state index in [0.29, 0.717) is 11.4 Å². The second kappa shape index (κ2) is 5.17. The number of aliphatic carboxylic acids is 1. The van der Waals surface area contributed by atoms with E-state index in [1.165, 1.54) is 20.9 Å². The van der Waals surface area contributed by atoms with E-state index in [0.717, 1.165) is 4.90 Å². The number of anilines is 1. The molecule has 0 saturated heterocycles. The Morgan fingerprint density at radius 1 is 1.21 bits per heavy atom. The maximum absolute atomic E-state index is 11.9. The average Bonchev–Trinajstić information content (AvgIpc) is 2.32. The highest BCUT2D eigenvalue weighted by Crippen LogP contribution is 2.13. The first-order valence-corrected chi connectivity index (χ1v) is 5.62. The molecule has 0 fully saturated rings. The molecule has 0 aromatic carbocycles. The number of nitrogens with one attached hydrogen (secondary N) is 1. The highest BCUT2D eigenvalue weighted by molar-refractivity contribution is 5.92. The van der Waals surface area contributed by atoms with Crippen LogP contribution in [0.25, 0.3) is 0 Å². The molecule has 0 saturated carbocycles. The molecule has 0 radical (unpaired) electrons. The average molecular weight is 267 g/mol. The number of aryl methyl sites for hydroxylation is 2. The van der Waals surface area contributed by atoms with Gasteiger partial charge in [0.25, 0.3) is 5.95 Å². The monoisotopic (exact) mass is 267 g/mol. The van der Waals surface area contributed by atoms with Crippen molar-refractivity contribution < 1.29 is 14.7 Å². The summed E-state index contributed by atoms with van der Waals surface area (Å²) in [5, 5.41) is 19.0. The van der Waals surface area contributed by atoms with Crippen LogP contribution in [-0.2, 0) is 4.79 Å². The number of carbonyl (C=O) groups is 2. The molecule has 0 unspecified atom stereocenters. The number of hydrogen-bond acceptors (Lipinski definition) is 5. The Kier molecular flexibility index (Phi) is 4.03. The van der Waals surface area contributed by atoms with Gasteiger partial charge in [-0.15, -0.1) is 5.10 Å². The summed E-state index contributed by atoms with van der Waals surface area (Å²) in [6, 6.07) is -0.613. The van der Waals surface area contributed by atoms with Crippen LogP contribution < -0.4 is 5.32 Å². The van der Waals surface area contributed by atoms with Crippen LogP contribution in [0.4, 0.5) is 10.7 Å². The van der Waals surface area contributed by atoms with Gasteiger partial charge >= 0.3 is 12.0 Å². The number of amides is 2. The van der Waals surface area contributed by atoms with Crippen molar-refractivity contribution in [2.24, 2.45) is 0 Å². The van der Waals surface area contributed by atoms with E-state index in [9.17, 15) is 9.59 Å². The van der Waals surface area contributed by atoms with E-state index >= 15 is 0 Å². The Balaban J connectivity index is 2.85. The van der Waals surface area contributed by atoms with Crippen molar-refractivity contribution in [3.05, 3.63) is 11.4 Å². The molecule has 1 heterocycles. The normalized spacial score (nSPS) is 11.0. The van der Waals surface area contributed by atoms with Gasteiger partial charge in [0.05, 0.1) is 11.4 Å². The van der Waals surface area contributed by atoms with Crippen molar-refractivity contribution in [2.45, 2.75) is 33.2 Å². The Labute approximate surface area is 110 Å². The van der Waals surface area contributed by atoms with Crippen LogP contribution in [0.15, 0.2) is 0 Å². The van der Waals surface area contributed by atoms with E-state index < -0.39 is 17.5 Å². The van der Waals surface area contributed by atoms with Crippen LogP contribution in [0.1, 0.15) is 25.2 Å². The minimum absolute atomic E-state index is 0.0427. The zero-order valence-electron chi connectivity index (χ0n) is 11.6. The summed E-state index contributed by atoms with van der Waals surface area (Å²) in [5.41, 5.74) is -0.0280. The summed E-state index contributed by atoms with van der Waals surface area (Å²) < 4.78 is 0. The number of nitrogens with zero attached hydrogens (tertiary/aromatic N) is 4. The minimum atomic E-state index is -1.34. The Hall–Kier alpha value is -2.25. The summed E-state index contributed by atoms with van der Waals surface area (Å²) in [5.74, 6) is -1.06. The number of rotatable bonds is 3. The standard InChI is InChI=1S/C11H17N5O3/c1-6-7(2)14-15-9(12-6)13-10(19)16(5)11(3,4)8(17)18/h1-5H3,(H,17,18)(H,12,13,15,19).